The van der Waals surface area contributed by atoms with E-state index in [1.807, 2.05) is 0 Å². The zero-order valence-electron chi connectivity index (χ0n) is 10.6. The fourth-order valence-electron chi connectivity index (χ4n) is 1.52. The molecule has 4 nitrogen and oxygen atoms in total. The monoisotopic (exact) mass is 275 g/mol. The molecule has 1 N–H and O–H groups in total. The van der Waals surface area contributed by atoms with Crippen molar-refractivity contribution < 1.29 is 18.0 Å². The first kappa shape index (κ1) is 15.4. The van der Waals surface area contributed by atoms with Crippen LogP contribution >= 0.6 is 0 Å². The summed E-state index contributed by atoms with van der Waals surface area (Å²) in [7, 11) is 1.40. The summed E-state index contributed by atoms with van der Waals surface area (Å²) in [6.07, 6.45) is -2.23. The zero-order chi connectivity index (χ0) is 14.3. The fraction of sp³-hybridized carbons (Fsp3) is 0.500. The molecule has 7 heteroatoms. The van der Waals surface area contributed by atoms with Gasteiger partial charge in [-0.15, -0.1) is 0 Å². The van der Waals surface area contributed by atoms with Crippen LogP contribution in [0.1, 0.15) is 16.9 Å². The Morgan fingerprint density at radius 2 is 2.16 bits per heavy atom. The topological polar surface area (TPSA) is 45.2 Å². The molecule has 0 saturated carbocycles. The third kappa shape index (κ3) is 6.76. The van der Waals surface area contributed by atoms with Crippen molar-refractivity contribution in [3.8, 4) is 0 Å². The molecule has 0 spiro atoms. The number of nitrogens with zero attached hydrogens (tertiary/aromatic N) is 2. The van der Waals surface area contributed by atoms with E-state index in [0.717, 1.165) is 0 Å². The third-order valence-corrected chi connectivity index (χ3v) is 2.35. The summed E-state index contributed by atoms with van der Waals surface area (Å²) in [5.74, 6) is -0.320. The summed E-state index contributed by atoms with van der Waals surface area (Å²) in [6.45, 7) is -0.360. The van der Waals surface area contributed by atoms with Crippen molar-refractivity contribution in [3.63, 3.8) is 0 Å². The van der Waals surface area contributed by atoms with Gasteiger partial charge in [0.2, 0.25) is 0 Å². The summed E-state index contributed by atoms with van der Waals surface area (Å²) >= 11 is 0. The molecule has 0 bridgehead atoms. The van der Waals surface area contributed by atoms with Crippen molar-refractivity contribution >= 4 is 5.91 Å². The number of pyridine rings is 1. The molecular weight excluding hydrogens is 259 g/mol. The van der Waals surface area contributed by atoms with Gasteiger partial charge in [-0.25, -0.2) is 0 Å². The minimum absolute atomic E-state index is 0.266. The Kier molecular flexibility index (Phi) is 5.75. The quantitative estimate of drug-likeness (QED) is 0.804. The van der Waals surface area contributed by atoms with E-state index >= 15 is 0 Å². The number of aromatic nitrogens is 1. The first-order chi connectivity index (χ1) is 8.88. The van der Waals surface area contributed by atoms with Gasteiger partial charge in [0, 0.05) is 12.7 Å². The average molecular weight is 275 g/mol. The summed E-state index contributed by atoms with van der Waals surface area (Å²) in [5.41, 5.74) is 0.297. The van der Waals surface area contributed by atoms with Gasteiger partial charge >= 0.3 is 6.18 Å². The first-order valence-corrected chi connectivity index (χ1v) is 5.83. The highest BCUT2D eigenvalue weighted by molar-refractivity contribution is 5.92. The van der Waals surface area contributed by atoms with Crippen LogP contribution in [0.25, 0.3) is 0 Å². The second kappa shape index (κ2) is 7.08. The molecule has 0 unspecified atom stereocenters. The van der Waals surface area contributed by atoms with Gasteiger partial charge in [-0.3, -0.25) is 14.7 Å². The fourth-order valence-corrected chi connectivity index (χ4v) is 1.52. The summed E-state index contributed by atoms with van der Waals surface area (Å²) < 4.78 is 36.1. The van der Waals surface area contributed by atoms with Crippen LogP contribution < -0.4 is 5.32 Å². The largest absolute Gasteiger partial charge is 0.401 e. The Balaban J connectivity index is 2.19. The molecule has 0 aliphatic heterocycles. The van der Waals surface area contributed by atoms with Crippen LogP contribution in [-0.2, 0) is 0 Å². The van der Waals surface area contributed by atoms with Gasteiger partial charge in [0.1, 0.15) is 5.69 Å². The molecule has 1 amide bonds. The van der Waals surface area contributed by atoms with Crippen molar-refractivity contribution in [2.24, 2.45) is 0 Å². The van der Waals surface area contributed by atoms with Crippen molar-refractivity contribution in [1.29, 1.82) is 0 Å². The maximum Gasteiger partial charge on any atom is 0.401 e. The van der Waals surface area contributed by atoms with Gasteiger partial charge in [0.25, 0.3) is 5.91 Å². The van der Waals surface area contributed by atoms with Gasteiger partial charge < -0.3 is 5.32 Å². The number of carbonyl (C=O) groups excluding carboxylic acids is 1. The van der Waals surface area contributed by atoms with E-state index in [2.05, 4.69) is 10.3 Å². The van der Waals surface area contributed by atoms with Crippen LogP contribution in [0.4, 0.5) is 13.2 Å². The minimum atomic E-state index is -4.19. The molecule has 1 heterocycles. The molecule has 19 heavy (non-hydrogen) atoms. The Hall–Kier alpha value is -1.63. The lowest BCUT2D eigenvalue weighted by atomic mass is 10.3. The smallest absolute Gasteiger partial charge is 0.351 e. The molecule has 1 rings (SSSR count). The number of halogens is 3. The number of nitrogens with one attached hydrogen (secondary N) is 1. The molecule has 0 aliphatic carbocycles. The van der Waals surface area contributed by atoms with Crippen molar-refractivity contribution in [3.05, 3.63) is 30.1 Å². The van der Waals surface area contributed by atoms with Gasteiger partial charge in [-0.05, 0) is 32.1 Å². The number of amides is 1. The van der Waals surface area contributed by atoms with Gasteiger partial charge in [-0.1, -0.05) is 6.07 Å². The number of hydrogen-bond donors (Lipinski definition) is 1. The first-order valence-electron chi connectivity index (χ1n) is 5.83. The van der Waals surface area contributed by atoms with Crippen LogP contribution in [0, 0.1) is 0 Å². The molecular formula is C12H16F3N3O. The number of carbonyl (C=O) groups is 1. The second-order valence-corrected chi connectivity index (χ2v) is 4.18. The molecule has 0 aliphatic rings. The third-order valence-electron chi connectivity index (χ3n) is 2.35. The Bertz CT molecular complexity index is 395. The molecule has 0 fully saturated rings. The molecule has 1 aromatic heterocycles. The Morgan fingerprint density at radius 3 is 2.74 bits per heavy atom. The molecule has 0 saturated heterocycles. The van der Waals surface area contributed by atoms with E-state index in [9.17, 15) is 18.0 Å². The van der Waals surface area contributed by atoms with Gasteiger partial charge in [0.15, 0.2) is 0 Å². The highest BCUT2D eigenvalue weighted by atomic mass is 19.4. The highest BCUT2D eigenvalue weighted by Crippen LogP contribution is 2.15. The van der Waals surface area contributed by atoms with E-state index in [0.29, 0.717) is 18.7 Å². The summed E-state index contributed by atoms with van der Waals surface area (Å²) in [4.78, 5) is 16.6. The standard InChI is InChI=1S/C12H16F3N3O/c1-18(9-12(13,14)15)8-4-7-17-11(19)10-5-2-3-6-16-10/h2-3,5-6H,4,7-9H2,1H3,(H,17,19). The highest BCUT2D eigenvalue weighted by Gasteiger charge is 2.28. The summed E-state index contributed by atoms with van der Waals surface area (Å²) in [6, 6.07) is 4.97. The van der Waals surface area contributed by atoms with E-state index in [4.69, 9.17) is 0 Å². The van der Waals surface area contributed by atoms with Crippen molar-refractivity contribution in [2.45, 2.75) is 12.6 Å². The minimum Gasteiger partial charge on any atom is -0.351 e. The van der Waals surface area contributed by atoms with Crippen molar-refractivity contribution in [2.75, 3.05) is 26.7 Å². The molecule has 1 aromatic rings. The maximum absolute atomic E-state index is 12.0. The van der Waals surface area contributed by atoms with E-state index < -0.39 is 12.7 Å². The van der Waals surface area contributed by atoms with Crippen LogP contribution in [0.15, 0.2) is 24.4 Å². The predicted octanol–water partition coefficient (Wildman–Crippen LogP) is 1.70. The Labute approximate surface area is 109 Å². The number of rotatable bonds is 6. The SMILES string of the molecule is CN(CCCNC(=O)c1ccccn1)CC(F)(F)F. The Morgan fingerprint density at radius 1 is 1.42 bits per heavy atom. The van der Waals surface area contributed by atoms with Crippen LogP contribution in [-0.4, -0.2) is 48.6 Å². The van der Waals surface area contributed by atoms with Crippen LogP contribution in [0.2, 0.25) is 0 Å². The summed E-state index contributed by atoms with van der Waals surface area (Å²) in [5, 5.41) is 2.61. The van der Waals surface area contributed by atoms with Gasteiger partial charge in [-0.2, -0.15) is 13.2 Å². The lowest BCUT2D eigenvalue weighted by Gasteiger charge is -2.18. The number of hydrogen-bond acceptors (Lipinski definition) is 3. The van der Waals surface area contributed by atoms with E-state index in [1.165, 1.54) is 18.1 Å². The van der Waals surface area contributed by atoms with E-state index in [-0.39, 0.29) is 12.5 Å². The molecule has 106 valence electrons. The normalized spacial score (nSPS) is 11.6. The molecule has 0 atom stereocenters. The average Bonchev–Trinajstić information content (AvgIpc) is 2.33. The van der Waals surface area contributed by atoms with Crippen molar-refractivity contribution in [1.82, 2.24) is 15.2 Å². The predicted molar refractivity (Wildman–Crippen MR) is 64.7 cm³/mol. The second-order valence-electron chi connectivity index (χ2n) is 4.18. The van der Waals surface area contributed by atoms with Crippen LogP contribution in [0.3, 0.4) is 0 Å². The zero-order valence-corrected chi connectivity index (χ0v) is 10.6. The van der Waals surface area contributed by atoms with E-state index in [1.54, 1.807) is 18.2 Å². The van der Waals surface area contributed by atoms with Crippen LogP contribution in [0.5, 0.6) is 0 Å². The number of alkyl halides is 3. The maximum atomic E-state index is 12.0. The lowest BCUT2D eigenvalue weighted by Crippen LogP contribution is -2.33. The molecule has 0 radical (unpaired) electrons. The molecule has 0 aromatic carbocycles. The lowest BCUT2D eigenvalue weighted by molar-refractivity contribution is -0.143. The van der Waals surface area contributed by atoms with Gasteiger partial charge in [0.05, 0.1) is 6.54 Å².